The minimum atomic E-state index is -2.17. The fraction of sp³-hybridized carbons (Fsp3) is 0.250. The molecule has 1 unspecified atom stereocenters. The zero-order valence-electron chi connectivity index (χ0n) is 17.6. The monoisotopic (exact) mass is 551 g/mol. The Labute approximate surface area is 199 Å². The summed E-state index contributed by atoms with van der Waals surface area (Å²) in [6.45, 7) is 2.03. The van der Waals surface area contributed by atoms with Crippen molar-refractivity contribution in [1.82, 2.24) is 10.5 Å². The van der Waals surface area contributed by atoms with Crippen LogP contribution in [0.3, 0.4) is 0 Å². The topological polar surface area (TPSA) is 63.2 Å². The van der Waals surface area contributed by atoms with Crippen LogP contribution in [-0.4, -0.2) is 10.9 Å². The number of amides is 1. The van der Waals surface area contributed by atoms with Crippen molar-refractivity contribution in [2.45, 2.75) is 38.5 Å². The summed E-state index contributed by atoms with van der Waals surface area (Å²) < 4.78 is 30.7. The van der Waals surface area contributed by atoms with Gasteiger partial charge in [0.25, 0.3) is 11.8 Å². The van der Waals surface area contributed by atoms with Gasteiger partial charge in [0.2, 0.25) is 0 Å². The van der Waals surface area contributed by atoms with Crippen LogP contribution < -0.4 is 10.8 Å². The highest BCUT2D eigenvalue weighted by Gasteiger charge is 2.34. The van der Waals surface area contributed by atoms with Crippen molar-refractivity contribution >= 4 is 39.9 Å². The van der Waals surface area contributed by atoms with E-state index in [2.05, 4.69) is 15.8 Å². The lowest BCUT2D eigenvalue weighted by atomic mass is 10.0. The van der Waals surface area contributed by atoms with Gasteiger partial charge < -0.3 is 5.32 Å². The van der Waals surface area contributed by atoms with Gasteiger partial charge >= 0.3 is 0 Å². The van der Waals surface area contributed by atoms with Crippen LogP contribution in [0, 0.1) is 9.39 Å². The predicted molar refractivity (Wildman–Crippen MR) is 129 cm³/mol. The summed E-state index contributed by atoms with van der Waals surface area (Å²) in [7, 11) is 0. The number of rotatable bonds is 10. The second-order valence-corrected chi connectivity index (χ2v) is 8.50. The van der Waals surface area contributed by atoms with Crippen molar-refractivity contribution in [3.8, 4) is 0 Å². The highest BCUT2D eigenvalue weighted by molar-refractivity contribution is 14.1. The first-order chi connectivity index (χ1) is 15.4. The van der Waals surface area contributed by atoms with Gasteiger partial charge in [-0.1, -0.05) is 50.1 Å². The number of pyridine rings is 1. The maximum absolute atomic E-state index is 15.7. The maximum Gasteiger partial charge on any atom is 0.277 e. The molecule has 1 heterocycles. The zero-order valence-corrected chi connectivity index (χ0v) is 19.7. The van der Waals surface area contributed by atoms with Gasteiger partial charge in [-0.2, -0.15) is 0 Å². The van der Waals surface area contributed by atoms with Crippen LogP contribution >= 0.6 is 22.6 Å². The normalized spacial score (nSPS) is 12.8. The lowest BCUT2D eigenvalue weighted by Crippen LogP contribution is -2.35. The van der Waals surface area contributed by atoms with E-state index in [0.29, 0.717) is 12.0 Å². The Morgan fingerprint density at radius 1 is 1.12 bits per heavy atom. The smallest absolute Gasteiger partial charge is 0.277 e. The highest BCUT2D eigenvalue weighted by Crippen LogP contribution is 2.33. The third-order valence-corrected chi connectivity index (χ3v) is 5.55. The standard InChI is InChI=1S/C24H24F2IN3O2/c1-2-3-7-13-24(26,17-8-5-4-6-9-17)32-30-23(31)19-12-14-28-16-22(19)29-21-11-10-18(27)15-20(21)25/h4-6,8-12,14-16,29H,2-3,7,13H2,1H3,(H,30,31). The number of carbonyl (C=O) groups excluding carboxylic acids is 1. The van der Waals surface area contributed by atoms with E-state index in [-0.39, 0.29) is 23.4 Å². The van der Waals surface area contributed by atoms with Gasteiger partial charge in [0, 0.05) is 21.8 Å². The molecule has 0 bridgehead atoms. The van der Waals surface area contributed by atoms with Crippen LogP contribution in [0.4, 0.5) is 20.2 Å². The summed E-state index contributed by atoms with van der Waals surface area (Å²) in [4.78, 5) is 22.2. The lowest BCUT2D eigenvalue weighted by Gasteiger charge is -2.26. The van der Waals surface area contributed by atoms with E-state index >= 15 is 4.39 Å². The average Bonchev–Trinajstić information content (AvgIpc) is 2.80. The fourth-order valence-electron chi connectivity index (χ4n) is 3.15. The molecule has 1 amide bonds. The van der Waals surface area contributed by atoms with E-state index in [1.54, 1.807) is 42.5 Å². The Balaban J connectivity index is 1.77. The molecule has 168 valence electrons. The predicted octanol–water partition coefficient (Wildman–Crippen LogP) is 6.63. The van der Waals surface area contributed by atoms with Crippen molar-refractivity contribution in [2.75, 3.05) is 5.32 Å². The minimum absolute atomic E-state index is 0.0977. The Morgan fingerprint density at radius 2 is 1.91 bits per heavy atom. The van der Waals surface area contributed by atoms with Crippen LogP contribution in [-0.2, 0) is 10.7 Å². The molecule has 3 aromatic rings. The van der Waals surface area contributed by atoms with Crippen molar-refractivity contribution in [1.29, 1.82) is 0 Å². The van der Waals surface area contributed by atoms with Gasteiger partial charge in [0.1, 0.15) is 5.82 Å². The number of carbonyl (C=O) groups is 1. The number of aromatic nitrogens is 1. The van der Waals surface area contributed by atoms with Gasteiger partial charge in [-0.05, 0) is 53.3 Å². The zero-order chi connectivity index (χ0) is 23.0. The second-order valence-electron chi connectivity index (χ2n) is 7.26. The molecule has 0 saturated heterocycles. The van der Waals surface area contributed by atoms with E-state index in [4.69, 9.17) is 4.84 Å². The van der Waals surface area contributed by atoms with E-state index in [9.17, 15) is 9.18 Å². The maximum atomic E-state index is 15.7. The minimum Gasteiger partial charge on any atom is -0.351 e. The average molecular weight is 551 g/mol. The molecule has 1 atom stereocenters. The van der Waals surface area contributed by atoms with E-state index in [1.165, 1.54) is 24.5 Å². The summed E-state index contributed by atoms with van der Waals surface area (Å²) in [6, 6.07) is 14.6. The number of halogens is 3. The number of nitrogens with zero attached hydrogens (tertiary/aromatic N) is 1. The first-order valence-electron chi connectivity index (χ1n) is 10.3. The summed E-state index contributed by atoms with van der Waals surface area (Å²) in [5.74, 6) is -3.31. The molecule has 0 aliphatic heterocycles. The molecule has 0 saturated carbocycles. The Hall–Kier alpha value is -2.59. The number of hydroxylamine groups is 1. The third-order valence-electron chi connectivity index (χ3n) is 4.88. The van der Waals surface area contributed by atoms with Gasteiger partial charge in [-0.25, -0.2) is 19.1 Å². The molecule has 0 radical (unpaired) electrons. The molecule has 8 heteroatoms. The van der Waals surface area contributed by atoms with Crippen LogP contribution in [0.25, 0.3) is 0 Å². The number of hydrogen-bond acceptors (Lipinski definition) is 4. The molecule has 5 nitrogen and oxygen atoms in total. The van der Waals surface area contributed by atoms with Crippen LogP contribution in [0.2, 0.25) is 0 Å². The molecular formula is C24H24F2IN3O2. The van der Waals surface area contributed by atoms with Crippen LogP contribution in [0.1, 0.15) is 48.5 Å². The molecule has 2 aromatic carbocycles. The summed E-state index contributed by atoms with van der Waals surface area (Å²) in [5.41, 5.74) is 3.16. The molecule has 0 aliphatic carbocycles. The van der Waals surface area contributed by atoms with E-state index in [1.807, 2.05) is 29.5 Å². The van der Waals surface area contributed by atoms with Gasteiger partial charge in [-0.3, -0.25) is 9.78 Å². The first-order valence-corrected chi connectivity index (χ1v) is 11.4. The van der Waals surface area contributed by atoms with Gasteiger partial charge in [0.05, 0.1) is 23.1 Å². The fourth-order valence-corrected chi connectivity index (χ4v) is 3.61. The number of nitrogens with one attached hydrogen (secondary N) is 2. The first kappa shape index (κ1) is 24.1. The van der Waals surface area contributed by atoms with Crippen molar-refractivity contribution in [2.24, 2.45) is 0 Å². The van der Waals surface area contributed by atoms with Crippen molar-refractivity contribution < 1.29 is 18.4 Å². The Kier molecular flexibility index (Phi) is 8.52. The summed E-state index contributed by atoms with van der Waals surface area (Å²) in [6.07, 6.45) is 5.29. The molecule has 0 aliphatic rings. The van der Waals surface area contributed by atoms with Gasteiger partial charge in [0.15, 0.2) is 0 Å². The molecular weight excluding hydrogens is 527 g/mol. The van der Waals surface area contributed by atoms with E-state index in [0.717, 1.165) is 16.4 Å². The van der Waals surface area contributed by atoms with Gasteiger partial charge in [-0.15, -0.1) is 0 Å². The molecule has 1 aromatic heterocycles. The van der Waals surface area contributed by atoms with Crippen LogP contribution in [0.15, 0.2) is 67.0 Å². The summed E-state index contributed by atoms with van der Waals surface area (Å²) in [5, 5.41) is 2.87. The second kappa shape index (κ2) is 11.3. The third kappa shape index (κ3) is 6.23. The lowest BCUT2D eigenvalue weighted by molar-refractivity contribution is -0.191. The SMILES string of the molecule is CCCCCC(F)(ONC(=O)c1ccncc1Nc1ccc(I)cc1F)c1ccccc1. The number of unbranched alkanes of at least 4 members (excludes halogenated alkanes) is 2. The van der Waals surface area contributed by atoms with Crippen molar-refractivity contribution in [3.05, 3.63) is 87.5 Å². The Morgan fingerprint density at radius 3 is 2.62 bits per heavy atom. The number of alkyl halides is 1. The highest BCUT2D eigenvalue weighted by atomic mass is 127. The van der Waals surface area contributed by atoms with Crippen LogP contribution in [0.5, 0.6) is 0 Å². The molecule has 32 heavy (non-hydrogen) atoms. The van der Waals surface area contributed by atoms with E-state index < -0.39 is 17.6 Å². The summed E-state index contributed by atoms with van der Waals surface area (Å²) >= 11 is 2.01. The molecule has 2 N–H and O–H groups in total. The van der Waals surface area contributed by atoms with Crippen molar-refractivity contribution in [3.63, 3.8) is 0 Å². The molecule has 0 spiro atoms. The quantitative estimate of drug-likeness (QED) is 0.169. The molecule has 0 fully saturated rings. The Bertz CT molecular complexity index is 1050. The largest absolute Gasteiger partial charge is 0.351 e. The number of anilines is 2. The molecule has 3 rings (SSSR count). The number of benzene rings is 2. The number of hydrogen-bond donors (Lipinski definition) is 2.